The van der Waals surface area contributed by atoms with Gasteiger partial charge < -0.3 is 20.1 Å². The summed E-state index contributed by atoms with van der Waals surface area (Å²) >= 11 is 0. The number of ether oxygens (including phenoxy) is 2. The van der Waals surface area contributed by atoms with E-state index in [1.165, 1.54) is 30.6 Å². The standard InChI is InChI=1S/C19H17FN4O3/c1-26-14-6-7-17(27-2)15(9-14)24-18-11-21-16(10-22-18)19(25)23-13-5-3-4-12(20)8-13/h3-11H,1-2H3,(H,22,24)(H,23,25). The van der Waals surface area contributed by atoms with Crippen LogP contribution in [-0.2, 0) is 0 Å². The zero-order chi connectivity index (χ0) is 19.2. The van der Waals surface area contributed by atoms with E-state index in [1.54, 1.807) is 38.5 Å². The van der Waals surface area contributed by atoms with Crippen molar-refractivity contribution < 1.29 is 18.7 Å². The Bertz CT molecular complexity index is 948. The summed E-state index contributed by atoms with van der Waals surface area (Å²) in [4.78, 5) is 20.5. The maximum Gasteiger partial charge on any atom is 0.275 e. The highest BCUT2D eigenvalue weighted by Crippen LogP contribution is 2.30. The number of rotatable bonds is 6. The first-order valence-corrected chi connectivity index (χ1v) is 7.97. The number of amides is 1. The Morgan fingerprint density at radius 2 is 1.89 bits per heavy atom. The van der Waals surface area contributed by atoms with E-state index in [0.29, 0.717) is 28.7 Å². The molecule has 0 aliphatic rings. The highest BCUT2D eigenvalue weighted by Gasteiger charge is 2.11. The van der Waals surface area contributed by atoms with Crippen molar-refractivity contribution in [3.8, 4) is 11.5 Å². The normalized spacial score (nSPS) is 10.2. The monoisotopic (exact) mass is 368 g/mol. The highest BCUT2D eigenvalue weighted by atomic mass is 19.1. The molecule has 0 spiro atoms. The third-order valence-corrected chi connectivity index (χ3v) is 3.64. The van der Waals surface area contributed by atoms with Crippen LogP contribution >= 0.6 is 0 Å². The Kier molecular flexibility index (Phi) is 5.46. The van der Waals surface area contributed by atoms with Crippen molar-refractivity contribution in [2.24, 2.45) is 0 Å². The largest absolute Gasteiger partial charge is 0.497 e. The number of aromatic nitrogens is 2. The summed E-state index contributed by atoms with van der Waals surface area (Å²) in [5.41, 5.74) is 1.08. The molecular formula is C19H17FN4O3. The van der Waals surface area contributed by atoms with Crippen LogP contribution in [0.2, 0.25) is 0 Å². The van der Waals surface area contributed by atoms with Gasteiger partial charge in [-0.15, -0.1) is 0 Å². The lowest BCUT2D eigenvalue weighted by atomic mass is 10.2. The smallest absolute Gasteiger partial charge is 0.275 e. The van der Waals surface area contributed by atoms with Crippen molar-refractivity contribution in [1.82, 2.24) is 9.97 Å². The minimum atomic E-state index is -0.487. The Morgan fingerprint density at radius 3 is 2.56 bits per heavy atom. The third kappa shape index (κ3) is 4.49. The first-order chi connectivity index (χ1) is 13.1. The molecule has 0 aliphatic heterocycles. The van der Waals surface area contributed by atoms with Crippen molar-refractivity contribution in [2.45, 2.75) is 0 Å². The van der Waals surface area contributed by atoms with Crippen molar-refractivity contribution in [3.63, 3.8) is 0 Å². The Labute approximate surface area is 155 Å². The van der Waals surface area contributed by atoms with Gasteiger partial charge in [0, 0.05) is 11.8 Å². The second-order valence-corrected chi connectivity index (χ2v) is 5.44. The Hall–Kier alpha value is -3.68. The predicted octanol–water partition coefficient (Wildman–Crippen LogP) is 3.63. The molecule has 3 aromatic rings. The maximum atomic E-state index is 13.2. The van der Waals surface area contributed by atoms with E-state index in [-0.39, 0.29) is 5.69 Å². The van der Waals surface area contributed by atoms with Crippen LogP contribution in [0.4, 0.5) is 21.6 Å². The highest BCUT2D eigenvalue weighted by molar-refractivity contribution is 6.02. The van der Waals surface area contributed by atoms with E-state index >= 15 is 0 Å². The molecule has 8 heteroatoms. The van der Waals surface area contributed by atoms with E-state index < -0.39 is 11.7 Å². The summed E-state index contributed by atoms with van der Waals surface area (Å²) < 4.78 is 23.7. The van der Waals surface area contributed by atoms with Gasteiger partial charge in [-0.3, -0.25) is 4.79 Å². The number of nitrogens with zero attached hydrogens (tertiary/aromatic N) is 2. The molecule has 0 bridgehead atoms. The fourth-order valence-electron chi connectivity index (χ4n) is 2.32. The van der Waals surface area contributed by atoms with E-state index in [0.717, 1.165) is 0 Å². The zero-order valence-corrected chi connectivity index (χ0v) is 14.7. The van der Waals surface area contributed by atoms with Gasteiger partial charge in [0.05, 0.1) is 32.3 Å². The van der Waals surface area contributed by atoms with E-state index in [9.17, 15) is 9.18 Å². The van der Waals surface area contributed by atoms with Crippen molar-refractivity contribution in [3.05, 3.63) is 66.4 Å². The topological polar surface area (TPSA) is 85.4 Å². The summed E-state index contributed by atoms with van der Waals surface area (Å²) in [5, 5.41) is 5.62. The Balaban J connectivity index is 1.73. The molecule has 1 heterocycles. The van der Waals surface area contributed by atoms with Crippen molar-refractivity contribution in [1.29, 1.82) is 0 Å². The molecule has 1 amide bonds. The van der Waals surface area contributed by atoms with E-state index in [2.05, 4.69) is 20.6 Å². The van der Waals surface area contributed by atoms with Gasteiger partial charge >= 0.3 is 0 Å². The van der Waals surface area contributed by atoms with Gasteiger partial charge in [0.15, 0.2) is 0 Å². The van der Waals surface area contributed by atoms with Gasteiger partial charge in [0.25, 0.3) is 5.91 Å². The molecule has 0 saturated carbocycles. The number of anilines is 3. The third-order valence-electron chi connectivity index (χ3n) is 3.64. The molecular weight excluding hydrogens is 351 g/mol. The summed E-state index contributed by atoms with van der Waals surface area (Å²) in [6.07, 6.45) is 2.74. The molecule has 0 saturated heterocycles. The number of nitrogens with one attached hydrogen (secondary N) is 2. The molecule has 0 radical (unpaired) electrons. The summed E-state index contributed by atoms with van der Waals surface area (Å²) in [5.74, 6) is 0.746. The van der Waals surface area contributed by atoms with Crippen LogP contribution in [0.25, 0.3) is 0 Å². The number of carbonyl (C=O) groups excluding carboxylic acids is 1. The van der Waals surface area contributed by atoms with Gasteiger partial charge in [0.1, 0.15) is 28.8 Å². The molecule has 3 rings (SSSR count). The number of carbonyl (C=O) groups is 1. The second-order valence-electron chi connectivity index (χ2n) is 5.44. The maximum absolute atomic E-state index is 13.2. The van der Waals surface area contributed by atoms with E-state index in [4.69, 9.17) is 9.47 Å². The number of benzene rings is 2. The molecule has 7 nitrogen and oxygen atoms in total. The van der Waals surface area contributed by atoms with Crippen LogP contribution in [0.15, 0.2) is 54.9 Å². The number of halogens is 1. The minimum Gasteiger partial charge on any atom is -0.497 e. The van der Waals surface area contributed by atoms with Gasteiger partial charge in [0.2, 0.25) is 0 Å². The Morgan fingerprint density at radius 1 is 1.04 bits per heavy atom. The van der Waals surface area contributed by atoms with Gasteiger partial charge in [-0.2, -0.15) is 0 Å². The van der Waals surface area contributed by atoms with Gasteiger partial charge in [-0.1, -0.05) is 6.07 Å². The van der Waals surface area contributed by atoms with Crippen LogP contribution < -0.4 is 20.1 Å². The molecule has 27 heavy (non-hydrogen) atoms. The SMILES string of the molecule is COc1ccc(OC)c(Nc2cnc(C(=O)Nc3cccc(F)c3)cn2)c1. The van der Waals surface area contributed by atoms with Crippen LogP contribution in [0.1, 0.15) is 10.5 Å². The van der Waals surface area contributed by atoms with Gasteiger partial charge in [-0.25, -0.2) is 14.4 Å². The summed E-state index contributed by atoms with van der Waals surface area (Å²) in [7, 11) is 3.12. The molecule has 0 fully saturated rings. The average Bonchev–Trinajstić information content (AvgIpc) is 2.68. The van der Waals surface area contributed by atoms with E-state index in [1.807, 2.05) is 0 Å². The number of hydrogen-bond acceptors (Lipinski definition) is 6. The lowest BCUT2D eigenvalue weighted by molar-refractivity contribution is 0.102. The molecule has 0 atom stereocenters. The molecule has 0 unspecified atom stereocenters. The first-order valence-electron chi connectivity index (χ1n) is 7.97. The average molecular weight is 368 g/mol. The second kappa shape index (κ2) is 8.13. The van der Waals surface area contributed by atoms with Crippen LogP contribution in [0.5, 0.6) is 11.5 Å². The lowest BCUT2D eigenvalue weighted by Gasteiger charge is -2.12. The quantitative estimate of drug-likeness (QED) is 0.691. The van der Waals surface area contributed by atoms with Crippen molar-refractivity contribution in [2.75, 3.05) is 24.9 Å². The summed E-state index contributed by atoms with van der Waals surface area (Å²) in [6, 6.07) is 10.9. The lowest BCUT2D eigenvalue weighted by Crippen LogP contribution is -2.14. The van der Waals surface area contributed by atoms with Crippen LogP contribution in [-0.4, -0.2) is 30.1 Å². The van der Waals surface area contributed by atoms with Crippen LogP contribution in [0, 0.1) is 5.82 Å². The molecule has 1 aromatic heterocycles. The van der Waals surface area contributed by atoms with Gasteiger partial charge in [-0.05, 0) is 30.3 Å². The fourth-order valence-corrected chi connectivity index (χ4v) is 2.32. The summed E-state index contributed by atoms with van der Waals surface area (Å²) in [6.45, 7) is 0. The number of methoxy groups -OCH3 is 2. The fraction of sp³-hybridized carbons (Fsp3) is 0.105. The molecule has 138 valence electrons. The predicted molar refractivity (Wildman–Crippen MR) is 99.2 cm³/mol. The van der Waals surface area contributed by atoms with Crippen LogP contribution in [0.3, 0.4) is 0 Å². The molecule has 2 N–H and O–H groups in total. The first kappa shape index (κ1) is 18.1. The number of hydrogen-bond donors (Lipinski definition) is 2. The van der Waals surface area contributed by atoms with Crippen molar-refractivity contribution >= 4 is 23.1 Å². The zero-order valence-electron chi connectivity index (χ0n) is 14.7. The molecule has 2 aromatic carbocycles. The molecule has 0 aliphatic carbocycles. The minimum absolute atomic E-state index is 0.0995.